The Labute approximate surface area is 180 Å². The van der Waals surface area contributed by atoms with Gasteiger partial charge in [-0.15, -0.1) is 0 Å². The SMILES string of the molecule is CCCCCCCCCCC[CH](C)[AlH][CH](C)CCCCCCCCCCC. The lowest BCUT2D eigenvalue weighted by Gasteiger charge is -2.15. The van der Waals surface area contributed by atoms with E-state index < -0.39 is 0 Å². The fourth-order valence-corrected chi connectivity index (χ4v) is 6.95. The first kappa shape index (κ1) is 27.5. The maximum atomic E-state index is 2.56. The second-order valence-corrected chi connectivity index (χ2v) is 12.9. The van der Waals surface area contributed by atoms with Gasteiger partial charge in [0.05, 0.1) is 0 Å². The first-order valence-corrected chi connectivity index (χ1v) is 14.8. The minimum Gasteiger partial charge on any atom is -0.0884 e. The zero-order valence-electron chi connectivity index (χ0n) is 20.0. The second kappa shape index (κ2) is 22.8. The van der Waals surface area contributed by atoms with Gasteiger partial charge in [0.15, 0.2) is 0 Å². The van der Waals surface area contributed by atoms with Gasteiger partial charge < -0.3 is 0 Å². The molecule has 0 heterocycles. The van der Waals surface area contributed by atoms with Gasteiger partial charge in [0.2, 0.25) is 15.2 Å². The molecule has 0 N–H and O–H groups in total. The first-order chi connectivity index (χ1) is 13.2. The molecule has 0 nitrogen and oxygen atoms in total. The van der Waals surface area contributed by atoms with Crippen LogP contribution in [0.2, 0.25) is 9.56 Å². The highest BCUT2D eigenvalue weighted by Gasteiger charge is 2.12. The molecule has 0 aromatic heterocycles. The lowest BCUT2D eigenvalue weighted by Crippen LogP contribution is -2.06. The fourth-order valence-electron chi connectivity index (χ4n) is 4.53. The molecule has 0 rings (SSSR count). The molecule has 2 atom stereocenters. The van der Waals surface area contributed by atoms with E-state index in [4.69, 9.17) is 0 Å². The molecule has 0 saturated heterocycles. The fraction of sp³-hybridized carbons (Fsp3) is 1.00. The summed E-state index contributed by atoms with van der Waals surface area (Å²) in [5, 5.41) is 0. The second-order valence-electron chi connectivity index (χ2n) is 9.68. The highest BCUT2D eigenvalue weighted by atomic mass is 27.1. The third-order valence-electron chi connectivity index (χ3n) is 6.41. The Kier molecular flexibility index (Phi) is 23.3. The molecule has 0 spiro atoms. The van der Waals surface area contributed by atoms with Crippen molar-refractivity contribution in [2.45, 2.75) is 166 Å². The van der Waals surface area contributed by atoms with E-state index in [9.17, 15) is 0 Å². The van der Waals surface area contributed by atoms with Crippen LogP contribution in [0.4, 0.5) is 0 Å². The molecule has 0 radical (unpaired) electrons. The topological polar surface area (TPSA) is 0 Å². The summed E-state index contributed by atoms with van der Waals surface area (Å²) in [5.74, 6) is 0. The van der Waals surface area contributed by atoms with Crippen LogP contribution in [0.1, 0.15) is 156 Å². The third kappa shape index (κ3) is 22.7. The largest absolute Gasteiger partial charge is 0.244 e. The maximum absolute atomic E-state index is 2.56. The molecule has 2 unspecified atom stereocenters. The van der Waals surface area contributed by atoms with Gasteiger partial charge in [-0.05, 0) is 0 Å². The highest BCUT2D eigenvalue weighted by Crippen LogP contribution is 2.24. The van der Waals surface area contributed by atoms with Crippen LogP contribution < -0.4 is 0 Å². The van der Waals surface area contributed by atoms with Crippen LogP contribution in [0.3, 0.4) is 0 Å². The van der Waals surface area contributed by atoms with Gasteiger partial charge in [-0.2, -0.15) is 0 Å². The van der Waals surface area contributed by atoms with Crippen LogP contribution in [0.25, 0.3) is 0 Å². The van der Waals surface area contributed by atoms with Crippen LogP contribution >= 0.6 is 0 Å². The summed E-state index contributed by atoms with van der Waals surface area (Å²) in [6.07, 6.45) is 29.6. The molecule has 0 aliphatic carbocycles. The molecule has 0 fully saturated rings. The van der Waals surface area contributed by atoms with E-state index in [0.29, 0.717) is 0 Å². The van der Waals surface area contributed by atoms with E-state index in [1.807, 2.05) is 0 Å². The van der Waals surface area contributed by atoms with Crippen molar-refractivity contribution in [1.82, 2.24) is 0 Å². The van der Waals surface area contributed by atoms with E-state index in [1.54, 1.807) is 0 Å². The van der Waals surface area contributed by atoms with E-state index in [2.05, 4.69) is 27.7 Å². The predicted octanol–water partition coefficient (Wildman–Crippen LogP) is 9.88. The molecule has 0 aliphatic rings. The minimum absolute atomic E-state index is 0.153. The van der Waals surface area contributed by atoms with Gasteiger partial charge in [-0.3, -0.25) is 0 Å². The standard InChI is InChI=1S/2C13H27.Al.H/c2*1-3-5-7-9-11-13-12-10-8-6-4-2;;/h2*3H,4-13H2,1-2H3;;. The summed E-state index contributed by atoms with van der Waals surface area (Å²) in [6.45, 7) is 9.73. The normalized spacial score (nSPS) is 13.6. The number of hydrogen-bond donors (Lipinski definition) is 0. The van der Waals surface area contributed by atoms with Crippen molar-refractivity contribution in [3.05, 3.63) is 0 Å². The molecule has 1 heteroatoms. The van der Waals surface area contributed by atoms with E-state index in [1.165, 1.54) is 128 Å². The molecule has 162 valence electrons. The van der Waals surface area contributed by atoms with Gasteiger partial charge in [-0.1, -0.05) is 166 Å². The van der Waals surface area contributed by atoms with Gasteiger partial charge in [0.1, 0.15) is 0 Å². The smallest absolute Gasteiger partial charge is 0.0884 e. The monoisotopic (exact) mass is 394 g/mol. The van der Waals surface area contributed by atoms with Gasteiger partial charge in [0.25, 0.3) is 0 Å². The molecule has 27 heavy (non-hydrogen) atoms. The Morgan fingerprint density at radius 1 is 0.407 bits per heavy atom. The average Bonchev–Trinajstić information content (AvgIpc) is 2.65. The highest BCUT2D eigenvalue weighted by molar-refractivity contribution is 6.39. The lowest BCUT2D eigenvalue weighted by atomic mass is 10.1. The Balaban J connectivity index is 3.30. The summed E-state index contributed by atoms with van der Waals surface area (Å²) >= 11 is 0.153. The van der Waals surface area contributed by atoms with Crippen LogP contribution in [-0.2, 0) is 0 Å². The summed E-state index contributed by atoms with van der Waals surface area (Å²) in [7, 11) is 0. The molecule has 0 aromatic rings. The van der Waals surface area contributed by atoms with E-state index in [0.717, 1.165) is 9.56 Å². The summed E-state index contributed by atoms with van der Waals surface area (Å²) in [4.78, 5) is 0. The van der Waals surface area contributed by atoms with Crippen molar-refractivity contribution in [1.29, 1.82) is 0 Å². The molecule has 0 bridgehead atoms. The van der Waals surface area contributed by atoms with Gasteiger partial charge >= 0.3 is 0 Å². The van der Waals surface area contributed by atoms with Crippen molar-refractivity contribution in [3.8, 4) is 0 Å². The Hall–Kier alpha value is 0.532. The van der Waals surface area contributed by atoms with Gasteiger partial charge in [-0.25, -0.2) is 0 Å². The average molecular weight is 395 g/mol. The van der Waals surface area contributed by atoms with Crippen molar-refractivity contribution in [2.24, 2.45) is 0 Å². The Morgan fingerprint density at radius 3 is 0.963 bits per heavy atom. The number of unbranched alkanes of at least 4 members (excludes halogenated alkanes) is 16. The van der Waals surface area contributed by atoms with Crippen molar-refractivity contribution in [2.75, 3.05) is 0 Å². The van der Waals surface area contributed by atoms with E-state index >= 15 is 0 Å². The van der Waals surface area contributed by atoms with Crippen molar-refractivity contribution >= 4 is 15.2 Å². The van der Waals surface area contributed by atoms with Crippen LogP contribution in [0.5, 0.6) is 0 Å². The van der Waals surface area contributed by atoms with E-state index in [-0.39, 0.29) is 15.2 Å². The Morgan fingerprint density at radius 2 is 0.667 bits per heavy atom. The van der Waals surface area contributed by atoms with Crippen molar-refractivity contribution in [3.63, 3.8) is 0 Å². The molecule has 0 aliphatic heterocycles. The van der Waals surface area contributed by atoms with Crippen LogP contribution in [0.15, 0.2) is 0 Å². The van der Waals surface area contributed by atoms with Crippen LogP contribution in [-0.4, -0.2) is 15.2 Å². The molecule has 0 amide bonds. The summed E-state index contributed by atoms with van der Waals surface area (Å²) < 4.78 is 2.17. The molecular formula is C26H55Al. The molecule has 0 saturated carbocycles. The number of hydrogen-bond acceptors (Lipinski definition) is 0. The summed E-state index contributed by atoms with van der Waals surface area (Å²) in [5.41, 5.74) is 0. The minimum atomic E-state index is 0.153. The zero-order chi connectivity index (χ0) is 20.0. The number of rotatable bonds is 22. The predicted molar refractivity (Wildman–Crippen MR) is 130 cm³/mol. The Bertz CT molecular complexity index is 237. The first-order valence-electron chi connectivity index (χ1n) is 13.2. The third-order valence-corrected chi connectivity index (χ3v) is 8.83. The summed E-state index contributed by atoms with van der Waals surface area (Å²) in [6, 6.07) is 0. The molecule has 0 aromatic carbocycles. The quantitative estimate of drug-likeness (QED) is 0.126. The maximum Gasteiger partial charge on any atom is 0.244 e. The van der Waals surface area contributed by atoms with Crippen molar-refractivity contribution < 1.29 is 0 Å². The van der Waals surface area contributed by atoms with Gasteiger partial charge in [0, 0.05) is 0 Å². The lowest BCUT2D eigenvalue weighted by molar-refractivity contribution is 0.547. The zero-order valence-corrected chi connectivity index (χ0v) is 21.4. The van der Waals surface area contributed by atoms with Crippen LogP contribution in [0, 0.1) is 0 Å². The molecular weight excluding hydrogens is 339 g/mol.